The molecule has 1 aromatic carbocycles. The highest BCUT2D eigenvalue weighted by Gasteiger charge is 2.22. The third-order valence-corrected chi connectivity index (χ3v) is 3.73. The molecular weight excluding hydrogens is 280 g/mol. The topological polar surface area (TPSA) is 63.5 Å². The second kappa shape index (κ2) is 6.66. The lowest BCUT2D eigenvalue weighted by molar-refractivity contribution is 0.0892. The zero-order valence-electron chi connectivity index (χ0n) is 12.5. The van der Waals surface area contributed by atoms with Crippen molar-refractivity contribution in [1.82, 2.24) is 10.6 Å². The van der Waals surface area contributed by atoms with Crippen molar-refractivity contribution in [3.05, 3.63) is 48.2 Å². The molecular formula is C17H20N2O3. The Balaban J connectivity index is 1.59. The molecule has 5 heteroatoms. The minimum atomic E-state index is -0.193. The van der Waals surface area contributed by atoms with Gasteiger partial charge >= 0.3 is 0 Å². The summed E-state index contributed by atoms with van der Waals surface area (Å²) in [7, 11) is 0. The van der Waals surface area contributed by atoms with E-state index in [9.17, 15) is 4.79 Å². The lowest BCUT2D eigenvalue weighted by Gasteiger charge is -2.28. The van der Waals surface area contributed by atoms with Crippen LogP contribution in [0.15, 0.2) is 46.9 Å². The van der Waals surface area contributed by atoms with Crippen LogP contribution in [0.3, 0.4) is 0 Å². The average molecular weight is 300 g/mol. The van der Waals surface area contributed by atoms with Gasteiger partial charge in [0.25, 0.3) is 11.9 Å². The standard InChI is InChI=1S/C17H20N2O3/c1-12-11-13(9-10-18-12)19-17(20)15-7-8-16(22-15)21-14-5-3-2-4-6-14/h2-8,12-13,18H,9-11H2,1H3,(H,19,20). The second-order valence-corrected chi connectivity index (χ2v) is 5.58. The Labute approximate surface area is 129 Å². The first kappa shape index (κ1) is 14.7. The van der Waals surface area contributed by atoms with Crippen LogP contribution in [0.5, 0.6) is 11.7 Å². The van der Waals surface area contributed by atoms with Crippen LogP contribution in [0.1, 0.15) is 30.3 Å². The molecule has 1 amide bonds. The predicted octanol–water partition coefficient (Wildman–Crippen LogP) is 2.94. The quantitative estimate of drug-likeness (QED) is 0.911. The van der Waals surface area contributed by atoms with Gasteiger partial charge in [-0.15, -0.1) is 0 Å². The van der Waals surface area contributed by atoms with Crippen molar-refractivity contribution in [2.24, 2.45) is 0 Å². The second-order valence-electron chi connectivity index (χ2n) is 5.58. The summed E-state index contributed by atoms with van der Waals surface area (Å²) in [4.78, 5) is 12.2. The predicted molar refractivity (Wildman–Crippen MR) is 83.2 cm³/mol. The number of furan rings is 1. The van der Waals surface area contributed by atoms with Crippen LogP contribution in [0.25, 0.3) is 0 Å². The largest absolute Gasteiger partial charge is 0.426 e. The summed E-state index contributed by atoms with van der Waals surface area (Å²) >= 11 is 0. The van der Waals surface area contributed by atoms with E-state index in [0.29, 0.717) is 17.7 Å². The summed E-state index contributed by atoms with van der Waals surface area (Å²) in [5.74, 6) is 1.07. The first-order chi connectivity index (χ1) is 10.7. The van der Waals surface area contributed by atoms with E-state index in [-0.39, 0.29) is 17.7 Å². The Bertz CT molecular complexity index is 624. The van der Waals surface area contributed by atoms with E-state index in [4.69, 9.17) is 9.15 Å². The van der Waals surface area contributed by atoms with Crippen LogP contribution in [0.2, 0.25) is 0 Å². The first-order valence-corrected chi connectivity index (χ1v) is 7.57. The van der Waals surface area contributed by atoms with E-state index in [1.807, 2.05) is 30.3 Å². The Morgan fingerprint density at radius 2 is 2.09 bits per heavy atom. The molecule has 1 aromatic heterocycles. The molecule has 2 heterocycles. The summed E-state index contributed by atoms with van der Waals surface area (Å²) in [6, 6.07) is 13.2. The van der Waals surface area contributed by atoms with Gasteiger partial charge in [-0.1, -0.05) is 18.2 Å². The molecule has 2 aromatic rings. The van der Waals surface area contributed by atoms with Crippen LogP contribution < -0.4 is 15.4 Å². The van der Waals surface area contributed by atoms with Crippen molar-refractivity contribution in [2.75, 3.05) is 6.54 Å². The van der Waals surface area contributed by atoms with E-state index < -0.39 is 0 Å². The Hall–Kier alpha value is -2.27. The molecule has 0 aliphatic carbocycles. The van der Waals surface area contributed by atoms with E-state index in [0.717, 1.165) is 19.4 Å². The number of rotatable bonds is 4. The van der Waals surface area contributed by atoms with Crippen molar-refractivity contribution in [1.29, 1.82) is 0 Å². The maximum atomic E-state index is 12.2. The summed E-state index contributed by atoms with van der Waals surface area (Å²) in [5.41, 5.74) is 0. The van der Waals surface area contributed by atoms with Gasteiger partial charge in [-0.05, 0) is 44.5 Å². The molecule has 5 nitrogen and oxygen atoms in total. The number of amides is 1. The molecule has 0 spiro atoms. The highest BCUT2D eigenvalue weighted by atomic mass is 16.6. The third kappa shape index (κ3) is 3.68. The van der Waals surface area contributed by atoms with Gasteiger partial charge in [-0.3, -0.25) is 4.79 Å². The number of hydrogen-bond donors (Lipinski definition) is 2. The molecule has 2 atom stereocenters. The van der Waals surface area contributed by atoms with Crippen molar-refractivity contribution in [3.8, 4) is 11.7 Å². The molecule has 2 unspecified atom stereocenters. The average Bonchev–Trinajstić information content (AvgIpc) is 2.97. The SMILES string of the molecule is CC1CC(NC(=O)c2ccc(Oc3ccccc3)o2)CCN1. The highest BCUT2D eigenvalue weighted by Crippen LogP contribution is 2.23. The maximum absolute atomic E-state index is 12.2. The van der Waals surface area contributed by atoms with Crippen LogP contribution in [-0.4, -0.2) is 24.5 Å². The fourth-order valence-corrected chi connectivity index (χ4v) is 2.62. The molecule has 2 N–H and O–H groups in total. The molecule has 0 radical (unpaired) electrons. The van der Waals surface area contributed by atoms with Crippen molar-refractivity contribution >= 4 is 5.91 Å². The number of piperidine rings is 1. The van der Waals surface area contributed by atoms with Gasteiger partial charge in [0.05, 0.1) is 0 Å². The molecule has 1 fully saturated rings. The van der Waals surface area contributed by atoms with Crippen molar-refractivity contribution < 1.29 is 13.9 Å². The molecule has 0 saturated carbocycles. The molecule has 1 aliphatic heterocycles. The zero-order chi connectivity index (χ0) is 15.4. The summed E-state index contributed by atoms with van der Waals surface area (Å²) < 4.78 is 11.0. The molecule has 0 bridgehead atoms. The van der Waals surface area contributed by atoms with Crippen LogP contribution in [-0.2, 0) is 0 Å². The number of nitrogens with one attached hydrogen (secondary N) is 2. The Morgan fingerprint density at radius 3 is 2.86 bits per heavy atom. The lowest BCUT2D eigenvalue weighted by atomic mass is 10.0. The zero-order valence-corrected chi connectivity index (χ0v) is 12.5. The van der Waals surface area contributed by atoms with Gasteiger partial charge in [0.1, 0.15) is 5.75 Å². The molecule has 1 saturated heterocycles. The van der Waals surface area contributed by atoms with Gasteiger partial charge in [0.2, 0.25) is 0 Å². The highest BCUT2D eigenvalue weighted by molar-refractivity contribution is 5.91. The van der Waals surface area contributed by atoms with E-state index in [1.165, 1.54) is 0 Å². The lowest BCUT2D eigenvalue weighted by Crippen LogP contribution is -2.46. The minimum Gasteiger partial charge on any atom is -0.426 e. The van der Waals surface area contributed by atoms with Crippen LogP contribution in [0, 0.1) is 0 Å². The Morgan fingerprint density at radius 1 is 1.27 bits per heavy atom. The third-order valence-electron chi connectivity index (χ3n) is 3.73. The van der Waals surface area contributed by atoms with E-state index in [2.05, 4.69) is 17.6 Å². The monoisotopic (exact) mass is 300 g/mol. The molecule has 1 aliphatic rings. The Kier molecular flexibility index (Phi) is 4.44. The van der Waals surface area contributed by atoms with Crippen LogP contribution in [0.4, 0.5) is 0 Å². The van der Waals surface area contributed by atoms with E-state index >= 15 is 0 Å². The van der Waals surface area contributed by atoms with Crippen molar-refractivity contribution in [3.63, 3.8) is 0 Å². The number of carbonyl (C=O) groups is 1. The number of ether oxygens (including phenoxy) is 1. The smallest absolute Gasteiger partial charge is 0.290 e. The molecule has 3 rings (SSSR count). The van der Waals surface area contributed by atoms with Gasteiger partial charge in [0, 0.05) is 18.2 Å². The fourth-order valence-electron chi connectivity index (χ4n) is 2.62. The normalized spacial score (nSPS) is 21.3. The molecule has 116 valence electrons. The number of hydrogen-bond acceptors (Lipinski definition) is 4. The van der Waals surface area contributed by atoms with Gasteiger partial charge in [-0.2, -0.15) is 0 Å². The first-order valence-electron chi connectivity index (χ1n) is 7.57. The van der Waals surface area contributed by atoms with Gasteiger partial charge in [-0.25, -0.2) is 0 Å². The summed E-state index contributed by atoms with van der Waals surface area (Å²) in [5, 5.41) is 6.38. The summed E-state index contributed by atoms with van der Waals surface area (Å²) in [6.07, 6.45) is 1.87. The summed E-state index contributed by atoms with van der Waals surface area (Å²) in [6.45, 7) is 3.05. The molecule has 22 heavy (non-hydrogen) atoms. The number of carbonyl (C=O) groups excluding carboxylic acids is 1. The number of benzene rings is 1. The fraction of sp³-hybridized carbons (Fsp3) is 0.353. The number of para-hydroxylation sites is 1. The van der Waals surface area contributed by atoms with Crippen LogP contribution >= 0.6 is 0 Å². The van der Waals surface area contributed by atoms with Crippen molar-refractivity contribution in [2.45, 2.75) is 31.8 Å². The van der Waals surface area contributed by atoms with E-state index in [1.54, 1.807) is 12.1 Å². The maximum Gasteiger partial charge on any atom is 0.290 e. The minimum absolute atomic E-state index is 0.187. The van der Waals surface area contributed by atoms with Gasteiger partial charge < -0.3 is 19.8 Å². The van der Waals surface area contributed by atoms with Gasteiger partial charge in [0.15, 0.2) is 5.76 Å².